The lowest BCUT2D eigenvalue weighted by Gasteiger charge is -2.29. The topological polar surface area (TPSA) is 21.3 Å². The Morgan fingerprint density at radius 1 is 1.11 bits per heavy atom. The number of hydrogen-bond donors (Lipinski definition) is 1. The summed E-state index contributed by atoms with van der Waals surface area (Å²) in [6, 6.07) is 0.716. The van der Waals surface area contributed by atoms with Gasteiger partial charge in [-0.05, 0) is 50.9 Å². The fraction of sp³-hybridized carbons (Fsp3) is 1.00. The summed E-state index contributed by atoms with van der Waals surface area (Å²) in [4.78, 5) is 0. The van der Waals surface area contributed by atoms with E-state index in [0.29, 0.717) is 17.6 Å². The molecule has 108 valence electrons. The molecule has 1 fully saturated rings. The summed E-state index contributed by atoms with van der Waals surface area (Å²) in [5.74, 6) is 0.899. The van der Waals surface area contributed by atoms with Gasteiger partial charge < -0.3 is 10.1 Å². The van der Waals surface area contributed by atoms with Crippen LogP contribution in [-0.2, 0) is 4.74 Å². The fourth-order valence-electron chi connectivity index (χ4n) is 2.93. The Labute approximate surface area is 114 Å². The molecule has 1 aliphatic rings. The zero-order chi connectivity index (χ0) is 13.6. The van der Waals surface area contributed by atoms with Gasteiger partial charge >= 0.3 is 0 Å². The number of ether oxygens (including phenoxy) is 1. The fourth-order valence-corrected chi connectivity index (χ4v) is 2.93. The van der Waals surface area contributed by atoms with Gasteiger partial charge in [0.1, 0.15) is 0 Å². The molecule has 18 heavy (non-hydrogen) atoms. The van der Waals surface area contributed by atoms with Gasteiger partial charge in [0.15, 0.2) is 0 Å². The Morgan fingerprint density at radius 2 is 1.83 bits per heavy atom. The van der Waals surface area contributed by atoms with Crippen LogP contribution >= 0.6 is 0 Å². The van der Waals surface area contributed by atoms with Gasteiger partial charge in [-0.25, -0.2) is 0 Å². The van der Waals surface area contributed by atoms with E-state index in [9.17, 15) is 0 Å². The minimum Gasteiger partial charge on any atom is -0.377 e. The molecular formula is C16H33NO. The van der Waals surface area contributed by atoms with E-state index < -0.39 is 0 Å². The molecule has 1 aliphatic carbocycles. The standard InChI is InChI=1S/C16H33NO/c1-13(2)18-12-11-17-15-8-6-7-14(9-10-15)16(3,4)5/h13-15,17H,6-12H2,1-5H3. The summed E-state index contributed by atoms with van der Waals surface area (Å²) < 4.78 is 5.58. The van der Waals surface area contributed by atoms with Gasteiger partial charge in [-0.3, -0.25) is 0 Å². The highest BCUT2D eigenvalue weighted by Gasteiger charge is 2.27. The monoisotopic (exact) mass is 255 g/mol. The largest absolute Gasteiger partial charge is 0.377 e. The molecule has 2 atom stereocenters. The summed E-state index contributed by atoms with van der Waals surface area (Å²) >= 11 is 0. The van der Waals surface area contributed by atoms with Crippen LogP contribution in [0.15, 0.2) is 0 Å². The summed E-state index contributed by atoms with van der Waals surface area (Å²) in [6.45, 7) is 13.2. The van der Waals surface area contributed by atoms with E-state index in [4.69, 9.17) is 4.74 Å². The summed E-state index contributed by atoms with van der Waals surface area (Å²) in [5.41, 5.74) is 0.482. The van der Waals surface area contributed by atoms with Crippen molar-refractivity contribution in [2.45, 2.75) is 78.9 Å². The molecule has 0 aromatic rings. The van der Waals surface area contributed by atoms with Gasteiger partial charge in [-0.2, -0.15) is 0 Å². The molecule has 0 bridgehead atoms. The quantitative estimate of drug-likeness (QED) is 0.592. The highest BCUT2D eigenvalue weighted by atomic mass is 16.5. The molecule has 0 aromatic heterocycles. The van der Waals surface area contributed by atoms with Gasteiger partial charge in [-0.1, -0.05) is 27.2 Å². The number of nitrogens with one attached hydrogen (secondary N) is 1. The van der Waals surface area contributed by atoms with Crippen molar-refractivity contribution in [3.8, 4) is 0 Å². The molecule has 0 aromatic carbocycles. The van der Waals surface area contributed by atoms with E-state index in [1.54, 1.807) is 0 Å². The van der Waals surface area contributed by atoms with Gasteiger partial charge in [0, 0.05) is 12.6 Å². The predicted molar refractivity (Wildman–Crippen MR) is 78.9 cm³/mol. The number of rotatable bonds is 5. The second kappa shape index (κ2) is 7.49. The molecule has 2 nitrogen and oxygen atoms in total. The van der Waals surface area contributed by atoms with Crippen LogP contribution in [0.1, 0.15) is 66.7 Å². The van der Waals surface area contributed by atoms with Gasteiger partial charge in [0.05, 0.1) is 12.7 Å². The van der Waals surface area contributed by atoms with E-state index in [0.717, 1.165) is 19.1 Å². The molecule has 0 heterocycles. The van der Waals surface area contributed by atoms with Crippen molar-refractivity contribution in [1.29, 1.82) is 0 Å². The van der Waals surface area contributed by atoms with E-state index in [2.05, 4.69) is 39.9 Å². The summed E-state index contributed by atoms with van der Waals surface area (Å²) in [5, 5.41) is 3.66. The second-order valence-electron chi connectivity index (χ2n) is 7.14. The third kappa shape index (κ3) is 6.19. The third-order valence-corrected chi connectivity index (χ3v) is 4.18. The molecule has 1 N–H and O–H groups in total. The lowest BCUT2D eigenvalue weighted by atomic mass is 9.76. The Morgan fingerprint density at radius 3 is 2.44 bits per heavy atom. The van der Waals surface area contributed by atoms with E-state index in [1.165, 1.54) is 32.1 Å². The first-order valence-electron chi connectivity index (χ1n) is 7.74. The zero-order valence-corrected chi connectivity index (χ0v) is 13.1. The maximum absolute atomic E-state index is 5.58. The smallest absolute Gasteiger partial charge is 0.0594 e. The Kier molecular flexibility index (Phi) is 6.65. The average Bonchev–Trinajstić information content (AvgIpc) is 2.48. The second-order valence-corrected chi connectivity index (χ2v) is 7.14. The molecule has 1 rings (SSSR count). The van der Waals surface area contributed by atoms with Crippen LogP contribution in [0.4, 0.5) is 0 Å². The van der Waals surface area contributed by atoms with Crippen molar-refractivity contribution in [2.24, 2.45) is 11.3 Å². The highest BCUT2D eigenvalue weighted by Crippen LogP contribution is 2.36. The average molecular weight is 255 g/mol. The lowest BCUT2D eigenvalue weighted by Crippen LogP contribution is -2.32. The van der Waals surface area contributed by atoms with Gasteiger partial charge in [0.2, 0.25) is 0 Å². The molecule has 0 spiro atoms. The minimum absolute atomic E-state index is 0.353. The van der Waals surface area contributed by atoms with Crippen LogP contribution in [0.3, 0.4) is 0 Å². The summed E-state index contributed by atoms with van der Waals surface area (Å²) in [6.07, 6.45) is 7.20. The molecular weight excluding hydrogens is 222 g/mol. The van der Waals surface area contributed by atoms with Crippen LogP contribution in [-0.4, -0.2) is 25.3 Å². The number of hydrogen-bond acceptors (Lipinski definition) is 2. The normalized spacial score (nSPS) is 26.3. The molecule has 1 saturated carbocycles. The van der Waals surface area contributed by atoms with Crippen molar-refractivity contribution in [3.05, 3.63) is 0 Å². The van der Waals surface area contributed by atoms with Crippen molar-refractivity contribution in [1.82, 2.24) is 5.32 Å². The highest BCUT2D eigenvalue weighted by molar-refractivity contribution is 4.81. The van der Waals surface area contributed by atoms with Crippen LogP contribution in [0.25, 0.3) is 0 Å². The van der Waals surface area contributed by atoms with Crippen LogP contribution in [0.2, 0.25) is 0 Å². The molecule has 2 unspecified atom stereocenters. The Bertz CT molecular complexity index is 220. The maximum Gasteiger partial charge on any atom is 0.0594 e. The Balaban J connectivity index is 2.21. The first-order valence-corrected chi connectivity index (χ1v) is 7.74. The Hall–Kier alpha value is -0.0800. The molecule has 0 radical (unpaired) electrons. The van der Waals surface area contributed by atoms with Gasteiger partial charge in [-0.15, -0.1) is 0 Å². The SMILES string of the molecule is CC(C)OCCNC1CCCC(C(C)(C)C)CC1. The maximum atomic E-state index is 5.58. The molecule has 0 amide bonds. The zero-order valence-electron chi connectivity index (χ0n) is 13.1. The van der Waals surface area contributed by atoms with Crippen LogP contribution < -0.4 is 5.32 Å². The lowest BCUT2D eigenvalue weighted by molar-refractivity contribution is 0.0789. The first-order chi connectivity index (χ1) is 8.39. The van der Waals surface area contributed by atoms with E-state index >= 15 is 0 Å². The molecule has 2 heteroatoms. The van der Waals surface area contributed by atoms with E-state index in [-0.39, 0.29) is 0 Å². The first kappa shape index (κ1) is 16.0. The van der Waals surface area contributed by atoms with Crippen molar-refractivity contribution in [2.75, 3.05) is 13.2 Å². The van der Waals surface area contributed by atoms with Crippen LogP contribution in [0, 0.1) is 11.3 Å². The van der Waals surface area contributed by atoms with Gasteiger partial charge in [0.25, 0.3) is 0 Å². The molecule has 0 aliphatic heterocycles. The van der Waals surface area contributed by atoms with E-state index in [1.807, 2.05) is 0 Å². The third-order valence-electron chi connectivity index (χ3n) is 4.18. The van der Waals surface area contributed by atoms with Crippen molar-refractivity contribution < 1.29 is 4.74 Å². The minimum atomic E-state index is 0.353. The molecule has 0 saturated heterocycles. The van der Waals surface area contributed by atoms with Crippen molar-refractivity contribution >= 4 is 0 Å². The van der Waals surface area contributed by atoms with Crippen molar-refractivity contribution in [3.63, 3.8) is 0 Å². The van der Waals surface area contributed by atoms with Crippen LogP contribution in [0.5, 0.6) is 0 Å². The summed E-state index contributed by atoms with van der Waals surface area (Å²) in [7, 11) is 0. The predicted octanol–water partition coefficient (Wildman–Crippen LogP) is 4.00.